The molecule has 4 atom stereocenters. The lowest BCUT2D eigenvalue weighted by Gasteiger charge is -2.55. The smallest absolute Gasteiger partial charge is 0.191 e. The number of hydrogen-bond acceptors (Lipinski definition) is 3. The summed E-state index contributed by atoms with van der Waals surface area (Å²) in [6.07, 6.45) is 3.96. The highest BCUT2D eigenvalue weighted by Gasteiger charge is 2.59. The van der Waals surface area contributed by atoms with Gasteiger partial charge >= 0.3 is 0 Å². The lowest BCUT2D eigenvalue weighted by Crippen LogP contribution is -2.68. The Hall–Kier alpha value is -1.75. The number of fused-ring (bicyclic) bond motifs is 1. The van der Waals surface area contributed by atoms with E-state index in [-0.39, 0.29) is 5.41 Å². The van der Waals surface area contributed by atoms with Gasteiger partial charge in [0.15, 0.2) is 5.96 Å². The number of benzene rings is 1. The summed E-state index contributed by atoms with van der Waals surface area (Å²) in [5.74, 6) is 1.59. The monoisotopic (exact) mass is 384 g/mol. The van der Waals surface area contributed by atoms with Crippen molar-refractivity contribution in [3.63, 3.8) is 0 Å². The van der Waals surface area contributed by atoms with Crippen molar-refractivity contribution in [3.05, 3.63) is 29.8 Å². The average Bonchev–Trinajstić information content (AvgIpc) is 3.14. The maximum absolute atomic E-state index is 5.95. The van der Waals surface area contributed by atoms with Crippen molar-refractivity contribution in [1.29, 1.82) is 0 Å². The highest BCUT2D eigenvalue weighted by Crippen LogP contribution is 2.52. The third-order valence-electron chi connectivity index (χ3n) is 6.87. The normalized spacial score (nSPS) is 31.9. The Labute approximate surface area is 169 Å². The largest absolute Gasteiger partial charge is 0.377 e. The molecule has 4 unspecified atom stereocenters. The zero-order valence-electron chi connectivity index (χ0n) is 17.9. The molecule has 0 radical (unpaired) electrons. The fraction of sp³-hybridized carbons (Fsp3) is 0.696. The van der Waals surface area contributed by atoms with Crippen LogP contribution in [0, 0.1) is 18.3 Å². The van der Waals surface area contributed by atoms with E-state index in [0.717, 1.165) is 38.6 Å². The summed E-state index contributed by atoms with van der Waals surface area (Å²) in [5, 5.41) is 7.51. The standard InChI is InChI=1S/C23H36N4O/c1-5-24-22(26-20-19-12-14-28-21(19)23(20,3)4)25-17-7-6-13-27(15-17)18-10-8-16(2)9-11-18/h8-11,17,19-21H,5-7,12-15H2,1-4H3,(H2,24,25,26). The summed E-state index contributed by atoms with van der Waals surface area (Å²) >= 11 is 0. The number of piperidine rings is 1. The van der Waals surface area contributed by atoms with Gasteiger partial charge in [-0.1, -0.05) is 31.5 Å². The molecule has 3 fully saturated rings. The molecular weight excluding hydrogens is 348 g/mol. The molecule has 1 aromatic carbocycles. The molecule has 0 aromatic heterocycles. The van der Waals surface area contributed by atoms with Gasteiger partial charge < -0.3 is 20.3 Å². The second-order valence-electron chi connectivity index (χ2n) is 9.28. The van der Waals surface area contributed by atoms with E-state index in [2.05, 4.69) is 67.5 Å². The van der Waals surface area contributed by atoms with E-state index in [0.29, 0.717) is 24.1 Å². The third-order valence-corrected chi connectivity index (χ3v) is 6.87. The molecule has 5 heteroatoms. The fourth-order valence-electron chi connectivity index (χ4n) is 5.33. The van der Waals surface area contributed by atoms with Gasteiger partial charge in [-0.3, -0.25) is 4.99 Å². The summed E-state index contributed by atoms with van der Waals surface area (Å²) in [4.78, 5) is 7.26. The van der Waals surface area contributed by atoms with E-state index in [9.17, 15) is 0 Å². The molecule has 28 heavy (non-hydrogen) atoms. The Morgan fingerprint density at radius 3 is 2.75 bits per heavy atom. The molecule has 1 aromatic rings. The molecule has 2 saturated heterocycles. The summed E-state index contributed by atoms with van der Waals surface area (Å²) in [5.41, 5.74) is 2.80. The quantitative estimate of drug-likeness (QED) is 0.618. The minimum absolute atomic E-state index is 0.165. The van der Waals surface area contributed by atoms with E-state index in [1.165, 1.54) is 24.1 Å². The maximum Gasteiger partial charge on any atom is 0.191 e. The van der Waals surface area contributed by atoms with Crippen LogP contribution in [0.3, 0.4) is 0 Å². The summed E-state index contributed by atoms with van der Waals surface area (Å²) < 4.78 is 5.95. The van der Waals surface area contributed by atoms with Crippen LogP contribution >= 0.6 is 0 Å². The molecule has 5 nitrogen and oxygen atoms in total. The fourth-order valence-corrected chi connectivity index (χ4v) is 5.33. The Kier molecular flexibility index (Phi) is 5.55. The van der Waals surface area contributed by atoms with Crippen LogP contribution in [-0.4, -0.2) is 50.4 Å². The van der Waals surface area contributed by atoms with Crippen LogP contribution in [0.25, 0.3) is 0 Å². The van der Waals surface area contributed by atoms with Crippen molar-refractivity contribution < 1.29 is 4.74 Å². The number of rotatable bonds is 4. The number of aliphatic imine (C=N–C) groups is 1. The van der Waals surface area contributed by atoms with E-state index in [1.807, 2.05) is 0 Å². The second-order valence-corrected chi connectivity index (χ2v) is 9.28. The molecule has 154 valence electrons. The lowest BCUT2D eigenvalue weighted by molar-refractivity contribution is -0.106. The molecule has 2 heterocycles. The molecule has 3 aliphatic rings. The van der Waals surface area contributed by atoms with Gasteiger partial charge in [0, 0.05) is 55.3 Å². The number of hydrogen-bond donors (Lipinski definition) is 2. The SMILES string of the molecule is CCN=C(NC1CCCN(c2ccc(C)cc2)C1)NC1C2CCOC2C1(C)C. The van der Waals surface area contributed by atoms with Crippen LogP contribution < -0.4 is 15.5 Å². The molecular formula is C23H36N4O. The van der Waals surface area contributed by atoms with E-state index >= 15 is 0 Å². The van der Waals surface area contributed by atoms with Crippen LogP contribution in [0.15, 0.2) is 29.3 Å². The first-order chi connectivity index (χ1) is 13.5. The highest BCUT2D eigenvalue weighted by molar-refractivity contribution is 5.81. The molecule has 0 bridgehead atoms. The Morgan fingerprint density at radius 1 is 1.21 bits per heavy atom. The molecule has 0 amide bonds. The first-order valence-electron chi connectivity index (χ1n) is 11.0. The Bertz CT molecular complexity index is 699. The summed E-state index contributed by atoms with van der Waals surface area (Å²) in [7, 11) is 0. The molecule has 1 aliphatic carbocycles. The molecule has 0 spiro atoms. The summed E-state index contributed by atoms with van der Waals surface area (Å²) in [6, 6.07) is 9.76. The van der Waals surface area contributed by atoms with E-state index in [1.54, 1.807) is 0 Å². The molecule has 2 aliphatic heterocycles. The van der Waals surface area contributed by atoms with Crippen molar-refractivity contribution in [1.82, 2.24) is 10.6 Å². The average molecular weight is 385 g/mol. The zero-order valence-corrected chi connectivity index (χ0v) is 17.9. The van der Waals surface area contributed by atoms with Crippen LogP contribution in [0.4, 0.5) is 5.69 Å². The van der Waals surface area contributed by atoms with Gasteiger partial charge in [-0.2, -0.15) is 0 Å². The summed E-state index contributed by atoms with van der Waals surface area (Å²) in [6.45, 7) is 12.7. The second kappa shape index (κ2) is 7.94. The van der Waals surface area contributed by atoms with Crippen molar-refractivity contribution in [3.8, 4) is 0 Å². The minimum atomic E-state index is 0.165. The topological polar surface area (TPSA) is 48.9 Å². The molecule has 1 saturated carbocycles. The first-order valence-corrected chi connectivity index (χ1v) is 11.0. The number of anilines is 1. The third kappa shape index (κ3) is 3.73. The van der Waals surface area contributed by atoms with Crippen LogP contribution in [0.5, 0.6) is 0 Å². The number of nitrogens with zero attached hydrogens (tertiary/aromatic N) is 2. The van der Waals surface area contributed by atoms with Crippen molar-refractivity contribution in [2.75, 3.05) is 31.1 Å². The van der Waals surface area contributed by atoms with Gasteiger partial charge in [0.2, 0.25) is 0 Å². The zero-order chi connectivity index (χ0) is 19.7. The van der Waals surface area contributed by atoms with E-state index in [4.69, 9.17) is 9.73 Å². The molecule has 2 N–H and O–H groups in total. The maximum atomic E-state index is 5.95. The Morgan fingerprint density at radius 2 is 2.00 bits per heavy atom. The lowest BCUT2D eigenvalue weighted by atomic mass is 9.57. The van der Waals surface area contributed by atoms with Crippen LogP contribution in [0.1, 0.15) is 45.6 Å². The van der Waals surface area contributed by atoms with Crippen molar-refractivity contribution in [2.24, 2.45) is 16.3 Å². The highest BCUT2D eigenvalue weighted by atomic mass is 16.5. The Balaban J connectivity index is 1.39. The van der Waals surface area contributed by atoms with Crippen LogP contribution in [-0.2, 0) is 4.74 Å². The number of nitrogens with one attached hydrogen (secondary N) is 2. The van der Waals surface area contributed by atoms with Crippen LogP contribution in [0.2, 0.25) is 0 Å². The number of aryl methyl sites for hydroxylation is 1. The first kappa shape index (κ1) is 19.6. The van der Waals surface area contributed by atoms with Gasteiger partial charge in [0.05, 0.1) is 6.10 Å². The van der Waals surface area contributed by atoms with Crippen molar-refractivity contribution in [2.45, 2.75) is 65.1 Å². The van der Waals surface area contributed by atoms with E-state index < -0.39 is 0 Å². The van der Waals surface area contributed by atoms with Gasteiger partial charge in [0.25, 0.3) is 0 Å². The van der Waals surface area contributed by atoms with Gasteiger partial charge in [0.1, 0.15) is 0 Å². The van der Waals surface area contributed by atoms with Gasteiger partial charge in [-0.25, -0.2) is 0 Å². The predicted octanol–water partition coefficient (Wildman–Crippen LogP) is 3.33. The number of guanidine groups is 1. The minimum Gasteiger partial charge on any atom is -0.377 e. The van der Waals surface area contributed by atoms with Crippen molar-refractivity contribution >= 4 is 11.6 Å². The molecule has 4 rings (SSSR count). The van der Waals surface area contributed by atoms with Gasteiger partial charge in [-0.05, 0) is 45.2 Å². The number of ether oxygens (including phenoxy) is 1. The van der Waals surface area contributed by atoms with Gasteiger partial charge in [-0.15, -0.1) is 0 Å². The predicted molar refractivity (Wildman–Crippen MR) is 116 cm³/mol.